The van der Waals surface area contributed by atoms with Crippen LogP contribution < -0.4 is 10.2 Å². The molecule has 5 nitrogen and oxygen atoms in total. The number of anilines is 2. The molecule has 2 aromatic carbocycles. The molecule has 5 heteroatoms. The minimum atomic E-state index is -0.104. The predicted molar refractivity (Wildman–Crippen MR) is 109 cm³/mol. The Morgan fingerprint density at radius 2 is 1.48 bits per heavy atom. The van der Waals surface area contributed by atoms with Crippen molar-refractivity contribution >= 4 is 23.2 Å². The van der Waals surface area contributed by atoms with Crippen LogP contribution in [0.2, 0.25) is 0 Å². The molecule has 0 spiro atoms. The normalized spacial score (nSPS) is 14.4. The van der Waals surface area contributed by atoms with Crippen LogP contribution in [0.3, 0.4) is 0 Å². The molecule has 1 saturated heterocycles. The number of rotatable bonds is 4. The molecule has 0 aliphatic carbocycles. The molecule has 27 heavy (non-hydrogen) atoms. The van der Waals surface area contributed by atoms with E-state index in [1.165, 1.54) is 5.56 Å². The Morgan fingerprint density at radius 3 is 2.00 bits per heavy atom. The molecule has 0 aromatic heterocycles. The average molecular weight is 365 g/mol. The van der Waals surface area contributed by atoms with Gasteiger partial charge < -0.3 is 15.1 Å². The van der Waals surface area contributed by atoms with Crippen molar-refractivity contribution in [3.8, 4) is 0 Å². The lowest BCUT2D eigenvalue weighted by atomic mass is 10.0. The second-order valence-electron chi connectivity index (χ2n) is 7.27. The summed E-state index contributed by atoms with van der Waals surface area (Å²) in [6, 6.07) is 15.6. The number of hydrogen-bond acceptors (Lipinski definition) is 3. The Kier molecular flexibility index (Phi) is 5.79. The molecule has 0 unspecified atom stereocenters. The van der Waals surface area contributed by atoms with Crippen molar-refractivity contribution in [2.75, 3.05) is 36.4 Å². The first-order valence-corrected chi connectivity index (χ1v) is 9.46. The molecule has 1 heterocycles. The highest BCUT2D eigenvalue weighted by Crippen LogP contribution is 2.21. The van der Waals surface area contributed by atoms with Crippen LogP contribution in [0, 0.1) is 0 Å². The first-order valence-electron chi connectivity index (χ1n) is 9.46. The van der Waals surface area contributed by atoms with Crippen LogP contribution >= 0.6 is 0 Å². The van der Waals surface area contributed by atoms with Crippen molar-refractivity contribution in [1.82, 2.24) is 4.90 Å². The van der Waals surface area contributed by atoms with Crippen molar-refractivity contribution in [2.24, 2.45) is 0 Å². The Labute approximate surface area is 161 Å². The SMILES string of the molecule is CC(=O)N1CCN(c2ccc(NC(=O)c3ccc(C(C)C)cc3)cc2)CC1. The number of carbonyl (C=O) groups is 2. The molecule has 2 aromatic rings. The van der Waals surface area contributed by atoms with Crippen molar-refractivity contribution in [3.05, 3.63) is 59.7 Å². The molecular weight excluding hydrogens is 338 g/mol. The van der Waals surface area contributed by atoms with Gasteiger partial charge in [-0.2, -0.15) is 0 Å². The number of benzene rings is 2. The molecule has 0 radical (unpaired) electrons. The van der Waals surface area contributed by atoms with Crippen LogP contribution in [0.1, 0.15) is 42.6 Å². The number of nitrogens with one attached hydrogen (secondary N) is 1. The summed E-state index contributed by atoms with van der Waals surface area (Å²) in [5.41, 5.74) is 3.76. The largest absolute Gasteiger partial charge is 0.368 e. The summed E-state index contributed by atoms with van der Waals surface area (Å²) in [6.07, 6.45) is 0. The lowest BCUT2D eigenvalue weighted by Crippen LogP contribution is -2.48. The average Bonchev–Trinajstić information content (AvgIpc) is 2.68. The van der Waals surface area contributed by atoms with Gasteiger partial charge in [0.1, 0.15) is 0 Å². The highest BCUT2D eigenvalue weighted by atomic mass is 16.2. The number of hydrogen-bond donors (Lipinski definition) is 1. The van der Waals surface area contributed by atoms with E-state index in [0.29, 0.717) is 11.5 Å². The molecule has 1 N–H and O–H groups in total. The number of nitrogens with zero attached hydrogens (tertiary/aromatic N) is 2. The van der Waals surface area contributed by atoms with Gasteiger partial charge in [-0.05, 0) is 47.9 Å². The summed E-state index contributed by atoms with van der Waals surface area (Å²) >= 11 is 0. The highest BCUT2D eigenvalue weighted by molar-refractivity contribution is 6.04. The van der Waals surface area contributed by atoms with E-state index in [4.69, 9.17) is 0 Å². The Balaban J connectivity index is 1.59. The van der Waals surface area contributed by atoms with Gasteiger partial charge in [0, 0.05) is 50.0 Å². The summed E-state index contributed by atoms with van der Waals surface area (Å²) in [6.45, 7) is 9.04. The van der Waals surface area contributed by atoms with E-state index >= 15 is 0 Å². The Bertz CT molecular complexity index is 789. The molecular formula is C22H27N3O2. The zero-order valence-corrected chi connectivity index (χ0v) is 16.2. The fourth-order valence-electron chi connectivity index (χ4n) is 3.26. The summed E-state index contributed by atoms with van der Waals surface area (Å²) in [4.78, 5) is 28.0. The van der Waals surface area contributed by atoms with Crippen molar-refractivity contribution in [1.29, 1.82) is 0 Å². The first kappa shape index (κ1) is 19.0. The van der Waals surface area contributed by atoms with Crippen LogP contribution in [-0.2, 0) is 4.79 Å². The zero-order chi connectivity index (χ0) is 19.4. The maximum atomic E-state index is 12.4. The van der Waals surface area contributed by atoms with E-state index in [1.54, 1.807) is 6.92 Å². The number of piperazine rings is 1. The molecule has 142 valence electrons. The Hall–Kier alpha value is -2.82. The van der Waals surface area contributed by atoms with Crippen LogP contribution in [0.25, 0.3) is 0 Å². The van der Waals surface area contributed by atoms with E-state index in [2.05, 4.69) is 24.1 Å². The lowest BCUT2D eigenvalue weighted by molar-refractivity contribution is -0.129. The van der Waals surface area contributed by atoms with E-state index in [0.717, 1.165) is 37.6 Å². The predicted octanol–water partition coefficient (Wildman–Crippen LogP) is 3.73. The topological polar surface area (TPSA) is 52.7 Å². The van der Waals surface area contributed by atoms with Crippen LogP contribution in [0.5, 0.6) is 0 Å². The van der Waals surface area contributed by atoms with E-state index in [9.17, 15) is 9.59 Å². The van der Waals surface area contributed by atoms with E-state index in [1.807, 2.05) is 53.4 Å². The van der Waals surface area contributed by atoms with Gasteiger partial charge in [0.05, 0.1) is 0 Å². The fraction of sp³-hybridized carbons (Fsp3) is 0.364. The van der Waals surface area contributed by atoms with Gasteiger partial charge in [-0.3, -0.25) is 9.59 Å². The maximum absolute atomic E-state index is 12.4. The van der Waals surface area contributed by atoms with Gasteiger partial charge in [0.25, 0.3) is 5.91 Å². The van der Waals surface area contributed by atoms with E-state index in [-0.39, 0.29) is 11.8 Å². The van der Waals surface area contributed by atoms with Gasteiger partial charge in [-0.1, -0.05) is 26.0 Å². The summed E-state index contributed by atoms with van der Waals surface area (Å²) < 4.78 is 0. The fourth-order valence-corrected chi connectivity index (χ4v) is 3.26. The minimum absolute atomic E-state index is 0.104. The van der Waals surface area contributed by atoms with Crippen molar-refractivity contribution in [3.63, 3.8) is 0 Å². The van der Waals surface area contributed by atoms with Crippen LogP contribution in [0.4, 0.5) is 11.4 Å². The summed E-state index contributed by atoms with van der Waals surface area (Å²) in [5.74, 6) is 0.481. The molecule has 1 aliphatic rings. The van der Waals surface area contributed by atoms with Gasteiger partial charge in [-0.25, -0.2) is 0 Å². The molecule has 1 fully saturated rings. The molecule has 0 atom stereocenters. The minimum Gasteiger partial charge on any atom is -0.368 e. The third kappa shape index (κ3) is 4.67. The monoisotopic (exact) mass is 365 g/mol. The van der Waals surface area contributed by atoms with Gasteiger partial charge in [-0.15, -0.1) is 0 Å². The molecule has 1 aliphatic heterocycles. The van der Waals surface area contributed by atoms with Crippen LogP contribution in [0.15, 0.2) is 48.5 Å². The number of carbonyl (C=O) groups excluding carboxylic acids is 2. The van der Waals surface area contributed by atoms with Gasteiger partial charge in [0.15, 0.2) is 0 Å². The zero-order valence-electron chi connectivity index (χ0n) is 16.2. The third-order valence-electron chi connectivity index (χ3n) is 5.05. The lowest BCUT2D eigenvalue weighted by Gasteiger charge is -2.35. The molecule has 0 saturated carbocycles. The van der Waals surface area contributed by atoms with Gasteiger partial charge >= 0.3 is 0 Å². The van der Waals surface area contributed by atoms with E-state index < -0.39 is 0 Å². The summed E-state index contributed by atoms with van der Waals surface area (Å²) in [7, 11) is 0. The molecule has 2 amide bonds. The second-order valence-corrected chi connectivity index (χ2v) is 7.27. The Morgan fingerprint density at radius 1 is 0.889 bits per heavy atom. The van der Waals surface area contributed by atoms with Crippen LogP contribution in [-0.4, -0.2) is 42.9 Å². The quantitative estimate of drug-likeness (QED) is 0.898. The highest BCUT2D eigenvalue weighted by Gasteiger charge is 2.18. The molecule has 3 rings (SSSR count). The standard InChI is InChI=1S/C22H27N3O2/c1-16(2)18-4-6-19(7-5-18)22(27)23-20-8-10-21(11-9-20)25-14-12-24(13-15-25)17(3)26/h4-11,16H,12-15H2,1-3H3,(H,23,27). The third-order valence-corrected chi connectivity index (χ3v) is 5.05. The smallest absolute Gasteiger partial charge is 0.255 e. The first-order chi connectivity index (χ1) is 12.9. The molecule has 0 bridgehead atoms. The second kappa shape index (κ2) is 8.25. The van der Waals surface area contributed by atoms with Crippen molar-refractivity contribution < 1.29 is 9.59 Å². The van der Waals surface area contributed by atoms with Crippen molar-refractivity contribution in [2.45, 2.75) is 26.7 Å². The van der Waals surface area contributed by atoms with Gasteiger partial charge in [0.2, 0.25) is 5.91 Å². The maximum Gasteiger partial charge on any atom is 0.255 e. The summed E-state index contributed by atoms with van der Waals surface area (Å²) in [5, 5.41) is 2.95. The number of amides is 2.